The minimum Gasteiger partial charge on any atom is -0.325 e. The summed E-state index contributed by atoms with van der Waals surface area (Å²) in [6.07, 6.45) is 3.29. The Balaban J connectivity index is 2.34. The normalized spacial score (nSPS) is 10.4. The number of benzene rings is 1. The van der Waals surface area contributed by atoms with Crippen molar-refractivity contribution in [2.75, 3.05) is 16.8 Å². The number of carbonyl (C=O) groups is 1. The molecule has 2 rings (SSSR count). The molecule has 2 aromatic rings. The number of aromatic nitrogens is 2. The second kappa shape index (κ2) is 8.24. The zero-order valence-corrected chi connectivity index (χ0v) is 15.0. The number of rotatable bonds is 7. The molecule has 0 bridgehead atoms. The average molecular weight is 336 g/mol. The van der Waals surface area contributed by atoms with Crippen molar-refractivity contribution in [1.82, 2.24) is 9.97 Å². The molecule has 0 fully saturated rings. The van der Waals surface area contributed by atoms with Crippen LogP contribution in [0.3, 0.4) is 0 Å². The summed E-state index contributed by atoms with van der Waals surface area (Å²) in [4.78, 5) is 22.5. The summed E-state index contributed by atoms with van der Waals surface area (Å²) in [6.45, 7) is 13.9. The Hall–Kier alpha value is -2.95. The molecule has 5 nitrogen and oxygen atoms in total. The highest BCUT2D eigenvalue weighted by Crippen LogP contribution is 2.25. The average Bonchev–Trinajstić information content (AvgIpc) is 2.59. The van der Waals surface area contributed by atoms with Crippen LogP contribution in [0, 0.1) is 5.92 Å². The molecule has 130 valence electrons. The summed E-state index contributed by atoms with van der Waals surface area (Å²) in [5.41, 5.74) is 3.18. The summed E-state index contributed by atoms with van der Waals surface area (Å²) in [7, 11) is 0. The number of nitrogens with one attached hydrogen (secondary N) is 1. The highest BCUT2D eigenvalue weighted by molar-refractivity contribution is 5.92. The maximum atomic E-state index is 12.0. The fourth-order valence-electron chi connectivity index (χ4n) is 2.39. The molecule has 0 aliphatic rings. The molecule has 1 heterocycles. The lowest BCUT2D eigenvalue weighted by molar-refractivity contribution is -0.116. The van der Waals surface area contributed by atoms with E-state index in [9.17, 15) is 4.79 Å². The van der Waals surface area contributed by atoms with Gasteiger partial charge in [0, 0.05) is 36.6 Å². The monoisotopic (exact) mass is 336 g/mol. The standard InChI is InChI=1S/C20H24N4O/c1-6-15(4)22-20-21-11-10-19(23-20)17-8-7-9-18(12-17)24(16(5)25)13-14(2)3/h6-12,14H,1,4,13H2,2-3,5H3,(H,21,22,23). The van der Waals surface area contributed by atoms with Crippen molar-refractivity contribution in [1.29, 1.82) is 0 Å². The zero-order valence-electron chi connectivity index (χ0n) is 15.0. The van der Waals surface area contributed by atoms with Crippen LogP contribution in [0.25, 0.3) is 11.3 Å². The highest BCUT2D eigenvalue weighted by atomic mass is 16.2. The van der Waals surface area contributed by atoms with Crippen molar-refractivity contribution in [2.45, 2.75) is 20.8 Å². The summed E-state index contributed by atoms with van der Waals surface area (Å²) < 4.78 is 0. The number of amides is 1. The van der Waals surface area contributed by atoms with E-state index >= 15 is 0 Å². The van der Waals surface area contributed by atoms with E-state index in [0.717, 1.165) is 16.9 Å². The van der Waals surface area contributed by atoms with Gasteiger partial charge < -0.3 is 10.2 Å². The van der Waals surface area contributed by atoms with Crippen LogP contribution in [0.15, 0.2) is 61.5 Å². The minimum atomic E-state index is 0.0261. The van der Waals surface area contributed by atoms with E-state index in [1.807, 2.05) is 30.3 Å². The molecule has 0 atom stereocenters. The Kier molecular flexibility index (Phi) is 6.06. The molecular formula is C20H24N4O. The lowest BCUT2D eigenvalue weighted by Gasteiger charge is -2.23. The van der Waals surface area contributed by atoms with Crippen LogP contribution in [-0.4, -0.2) is 22.4 Å². The van der Waals surface area contributed by atoms with E-state index in [1.165, 1.54) is 0 Å². The maximum Gasteiger partial charge on any atom is 0.227 e. The minimum absolute atomic E-state index is 0.0261. The van der Waals surface area contributed by atoms with E-state index in [2.05, 4.69) is 42.3 Å². The maximum absolute atomic E-state index is 12.0. The SMILES string of the molecule is C=CC(=C)Nc1nccc(-c2cccc(N(CC(C)C)C(C)=O)c2)n1. The van der Waals surface area contributed by atoms with Gasteiger partial charge in [-0.2, -0.15) is 0 Å². The molecule has 0 aliphatic carbocycles. The summed E-state index contributed by atoms with van der Waals surface area (Å²) in [6, 6.07) is 9.64. The van der Waals surface area contributed by atoms with Crippen molar-refractivity contribution in [3.63, 3.8) is 0 Å². The molecule has 1 amide bonds. The Bertz CT molecular complexity index is 783. The summed E-state index contributed by atoms with van der Waals surface area (Å²) in [5, 5.41) is 2.98. The fraction of sp³-hybridized carbons (Fsp3) is 0.250. The molecule has 0 saturated heterocycles. The Labute approximate surface area is 149 Å². The smallest absolute Gasteiger partial charge is 0.227 e. The first-order chi connectivity index (χ1) is 11.9. The number of allylic oxidation sites excluding steroid dienone is 1. The van der Waals surface area contributed by atoms with Gasteiger partial charge >= 0.3 is 0 Å². The van der Waals surface area contributed by atoms with Gasteiger partial charge in [-0.3, -0.25) is 4.79 Å². The topological polar surface area (TPSA) is 58.1 Å². The molecule has 1 N–H and O–H groups in total. The van der Waals surface area contributed by atoms with Crippen LogP contribution >= 0.6 is 0 Å². The Morgan fingerprint density at radius 3 is 2.76 bits per heavy atom. The van der Waals surface area contributed by atoms with Crippen molar-refractivity contribution < 1.29 is 4.79 Å². The van der Waals surface area contributed by atoms with E-state index in [-0.39, 0.29) is 5.91 Å². The van der Waals surface area contributed by atoms with Crippen molar-refractivity contribution in [3.8, 4) is 11.3 Å². The van der Waals surface area contributed by atoms with E-state index in [0.29, 0.717) is 24.1 Å². The predicted octanol–water partition coefficient (Wildman–Crippen LogP) is 4.26. The Morgan fingerprint density at radius 1 is 1.36 bits per heavy atom. The predicted molar refractivity (Wildman–Crippen MR) is 103 cm³/mol. The third-order valence-corrected chi connectivity index (χ3v) is 3.56. The molecule has 1 aromatic heterocycles. The van der Waals surface area contributed by atoms with Crippen LogP contribution in [0.4, 0.5) is 11.6 Å². The third-order valence-electron chi connectivity index (χ3n) is 3.56. The number of nitrogens with zero attached hydrogens (tertiary/aromatic N) is 3. The zero-order chi connectivity index (χ0) is 18.4. The lowest BCUT2D eigenvalue weighted by Crippen LogP contribution is -2.32. The van der Waals surface area contributed by atoms with E-state index in [4.69, 9.17) is 0 Å². The van der Waals surface area contributed by atoms with Gasteiger partial charge in [0.25, 0.3) is 0 Å². The van der Waals surface area contributed by atoms with Crippen LogP contribution in [0.2, 0.25) is 0 Å². The second-order valence-electron chi connectivity index (χ2n) is 6.19. The van der Waals surface area contributed by atoms with Gasteiger partial charge in [-0.1, -0.05) is 39.1 Å². The highest BCUT2D eigenvalue weighted by Gasteiger charge is 2.14. The lowest BCUT2D eigenvalue weighted by atomic mass is 10.1. The van der Waals surface area contributed by atoms with Gasteiger partial charge in [0.2, 0.25) is 11.9 Å². The first kappa shape index (κ1) is 18.4. The number of hydrogen-bond donors (Lipinski definition) is 1. The quantitative estimate of drug-likeness (QED) is 0.767. The first-order valence-electron chi connectivity index (χ1n) is 8.20. The van der Waals surface area contributed by atoms with E-state index in [1.54, 1.807) is 24.1 Å². The molecule has 0 unspecified atom stereocenters. The first-order valence-corrected chi connectivity index (χ1v) is 8.20. The second-order valence-corrected chi connectivity index (χ2v) is 6.19. The largest absolute Gasteiger partial charge is 0.325 e. The molecule has 0 aliphatic heterocycles. The van der Waals surface area contributed by atoms with Crippen molar-refractivity contribution in [3.05, 3.63) is 61.5 Å². The van der Waals surface area contributed by atoms with Gasteiger partial charge in [-0.05, 0) is 30.2 Å². The third kappa shape index (κ3) is 5.01. The molecule has 25 heavy (non-hydrogen) atoms. The molecule has 0 radical (unpaired) electrons. The Morgan fingerprint density at radius 2 is 2.12 bits per heavy atom. The molecular weight excluding hydrogens is 312 g/mol. The number of carbonyl (C=O) groups excluding carboxylic acids is 1. The molecule has 0 saturated carbocycles. The van der Waals surface area contributed by atoms with Crippen LogP contribution in [0.1, 0.15) is 20.8 Å². The number of hydrogen-bond acceptors (Lipinski definition) is 4. The van der Waals surface area contributed by atoms with Crippen LogP contribution in [-0.2, 0) is 4.79 Å². The van der Waals surface area contributed by atoms with Crippen LogP contribution < -0.4 is 10.2 Å². The summed E-state index contributed by atoms with van der Waals surface area (Å²) >= 11 is 0. The van der Waals surface area contributed by atoms with Gasteiger partial charge in [-0.25, -0.2) is 9.97 Å². The van der Waals surface area contributed by atoms with Crippen molar-refractivity contribution >= 4 is 17.5 Å². The van der Waals surface area contributed by atoms with Gasteiger partial charge in [0.05, 0.1) is 5.69 Å². The van der Waals surface area contributed by atoms with Gasteiger partial charge in [0.1, 0.15) is 0 Å². The van der Waals surface area contributed by atoms with Crippen molar-refractivity contribution in [2.24, 2.45) is 5.92 Å². The molecule has 5 heteroatoms. The van der Waals surface area contributed by atoms with Crippen LogP contribution in [0.5, 0.6) is 0 Å². The molecule has 1 aromatic carbocycles. The van der Waals surface area contributed by atoms with E-state index < -0.39 is 0 Å². The molecule has 0 spiro atoms. The van der Waals surface area contributed by atoms with Gasteiger partial charge in [0.15, 0.2) is 0 Å². The number of anilines is 2. The fourth-order valence-corrected chi connectivity index (χ4v) is 2.39. The summed E-state index contributed by atoms with van der Waals surface area (Å²) in [5.74, 6) is 0.865. The van der Waals surface area contributed by atoms with Gasteiger partial charge in [-0.15, -0.1) is 0 Å².